The zero-order valence-electron chi connectivity index (χ0n) is 14.6. The molecule has 7 heteroatoms. The molecule has 0 saturated heterocycles. The number of nitrogens with one attached hydrogen (secondary N) is 1. The first-order chi connectivity index (χ1) is 11.9. The summed E-state index contributed by atoms with van der Waals surface area (Å²) < 4.78 is 7.43. The van der Waals surface area contributed by atoms with E-state index in [1.54, 1.807) is 17.7 Å². The van der Waals surface area contributed by atoms with Crippen LogP contribution in [0.15, 0.2) is 36.0 Å². The molecule has 132 valence electrons. The van der Waals surface area contributed by atoms with E-state index in [4.69, 9.17) is 4.74 Å². The van der Waals surface area contributed by atoms with E-state index in [0.717, 1.165) is 17.7 Å². The molecule has 0 amide bonds. The van der Waals surface area contributed by atoms with Gasteiger partial charge in [0.25, 0.3) is 0 Å². The number of allylic oxidation sites excluding steroid dienone is 1. The van der Waals surface area contributed by atoms with Crippen molar-refractivity contribution in [2.45, 2.75) is 33.2 Å². The molecule has 1 aliphatic rings. The predicted octanol–water partition coefficient (Wildman–Crippen LogP) is 2.99. The number of carboxylic acids is 1. The van der Waals surface area contributed by atoms with Gasteiger partial charge in [-0.1, -0.05) is 26.0 Å². The normalized spacial score (nSPS) is 16.2. The van der Waals surface area contributed by atoms with Crippen molar-refractivity contribution < 1.29 is 14.6 Å². The summed E-state index contributed by atoms with van der Waals surface area (Å²) in [4.78, 5) is 15.6. The molecule has 0 spiro atoms. The van der Waals surface area contributed by atoms with Crippen molar-refractivity contribution in [1.29, 1.82) is 0 Å². The third-order valence-corrected chi connectivity index (χ3v) is 3.99. The number of hydrogen-bond acceptors (Lipinski definition) is 5. The summed E-state index contributed by atoms with van der Waals surface area (Å²) in [5, 5.41) is 16.5. The van der Waals surface area contributed by atoms with Gasteiger partial charge in [-0.2, -0.15) is 10.1 Å². The number of carbonyl (C=O) groups is 1. The Hall–Kier alpha value is -2.83. The predicted molar refractivity (Wildman–Crippen MR) is 93.6 cm³/mol. The van der Waals surface area contributed by atoms with Crippen LogP contribution in [-0.4, -0.2) is 32.4 Å². The van der Waals surface area contributed by atoms with E-state index in [-0.39, 0.29) is 11.7 Å². The lowest BCUT2D eigenvalue weighted by molar-refractivity contribution is -0.132. The number of nitrogens with zero attached hydrogens (tertiary/aromatic N) is 3. The largest absolute Gasteiger partial charge is 0.494 e. The van der Waals surface area contributed by atoms with Gasteiger partial charge < -0.3 is 15.2 Å². The van der Waals surface area contributed by atoms with Crippen molar-refractivity contribution >= 4 is 11.9 Å². The highest BCUT2D eigenvalue weighted by molar-refractivity contribution is 5.90. The molecule has 1 aromatic carbocycles. The lowest BCUT2D eigenvalue weighted by Gasteiger charge is -2.22. The monoisotopic (exact) mass is 342 g/mol. The zero-order chi connectivity index (χ0) is 18.0. The third kappa shape index (κ3) is 3.81. The van der Waals surface area contributed by atoms with Crippen LogP contribution in [0.2, 0.25) is 0 Å². The van der Waals surface area contributed by atoms with E-state index in [2.05, 4.69) is 29.2 Å². The van der Waals surface area contributed by atoms with E-state index in [1.165, 1.54) is 0 Å². The van der Waals surface area contributed by atoms with E-state index in [9.17, 15) is 9.90 Å². The zero-order valence-corrected chi connectivity index (χ0v) is 14.6. The van der Waals surface area contributed by atoms with Gasteiger partial charge in [-0.25, -0.2) is 9.48 Å². The molecule has 0 unspecified atom stereocenters. The molecule has 1 aromatic heterocycles. The van der Waals surface area contributed by atoms with Gasteiger partial charge in [-0.3, -0.25) is 0 Å². The van der Waals surface area contributed by atoms with Crippen LogP contribution >= 0.6 is 0 Å². The third-order valence-electron chi connectivity index (χ3n) is 3.99. The molecular formula is C18H22N4O3. The molecule has 0 fully saturated rings. The van der Waals surface area contributed by atoms with Gasteiger partial charge in [-0.15, -0.1) is 0 Å². The molecule has 2 aromatic rings. The Morgan fingerprint density at radius 3 is 2.72 bits per heavy atom. The van der Waals surface area contributed by atoms with Crippen LogP contribution < -0.4 is 10.1 Å². The summed E-state index contributed by atoms with van der Waals surface area (Å²) in [5.41, 5.74) is 1.02. The summed E-state index contributed by atoms with van der Waals surface area (Å²) in [5.74, 6) is 1.39. The van der Waals surface area contributed by atoms with Gasteiger partial charge in [0.1, 0.15) is 23.3 Å². The number of rotatable bonds is 6. The van der Waals surface area contributed by atoms with Crippen molar-refractivity contribution in [1.82, 2.24) is 14.8 Å². The number of aliphatic carboxylic acids is 1. The molecule has 7 nitrogen and oxygen atoms in total. The fourth-order valence-corrected chi connectivity index (χ4v) is 2.64. The minimum atomic E-state index is -1.02. The van der Waals surface area contributed by atoms with Crippen molar-refractivity contribution in [3.05, 3.63) is 47.4 Å². The number of benzene rings is 1. The van der Waals surface area contributed by atoms with E-state index < -0.39 is 5.97 Å². The molecule has 3 rings (SSSR count). The molecule has 1 atom stereocenters. The first kappa shape index (κ1) is 17.0. The number of anilines is 1. The standard InChI is InChI=1S/C18H22N4O3/c1-11(2)8-9-25-14-6-4-13(5-7-14)16-10-15(17(23)24)20-18-19-12(3)21-22(16)18/h4-7,10-11,16H,8-9H2,1-3H3,(H,23,24)(H,19,20,21)/t16-/m0/s1. The Labute approximate surface area is 146 Å². The van der Waals surface area contributed by atoms with Crippen LogP contribution in [0, 0.1) is 12.8 Å². The first-order valence-corrected chi connectivity index (χ1v) is 8.32. The van der Waals surface area contributed by atoms with Gasteiger partial charge in [-0.05, 0) is 43.0 Å². The fraction of sp³-hybridized carbons (Fsp3) is 0.389. The summed E-state index contributed by atoms with van der Waals surface area (Å²) in [6, 6.07) is 7.33. The maximum Gasteiger partial charge on any atom is 0.352 e. The lowest BCUT2D eigenvalue weighted by atomic mass is 10.0. The summed E-state index contributed by atoms with van der Waals surface area (Å²) in [6.45, 7) is 6.78. The van der Waals surface area contributed by atoms with Crippen molar-refractivity contribution in [2.75, 3.05) is 11.9 Å². The van der Waals surface area contributed by atoms with Crippen molar-refractivity contribution in [2.24, 2.45) is 5.92 Å². The Morgan fingerprint density at radius 2 is 2.08 bits per heavy atom. The Balaban J connectivity index is 1.83. The minimum Gasteiger partial charge on any atom is -0.494 e. The van der Waals surface area contributed by atoms with E-state index in [0.29, 0.717) is 24.3 Å². The maximum absolute atomic E-state index is 11.4. The number of carboxylic acid groups (broad SMARTS) is 1. The van der Waals surface area contributed by atoms with Crippen molar-refractivity contribution in [3.8, 4) is 5.75 Å². The summed E-state index contributed by atoms with van der Waals surface area (Å²) in [7, 11) is 0. The van der Waals surface area contributed by atoms with E-state index >= 15 is 0 Å². The summed E-state index contributed by atoms with van der Waals surface area (Å²) in [6.07, 6.45) is 2.64. The molecule has 0 saturated carbocycles. The Morgan fingerprint density at radius 1 is 1.36 bits per heavy atom. The molecule has 2 heterocycles. The number of hydrogen-bond donors (Lipinski definition) is 2. The average Bonchev–Trinajstić information content (AvgIpc) is 2.94. The van der Waals surface area contributed by atoms with Crippen LogP contribution in [0.1, 0.15) is 37.7 Å². The highest BCUT2D eigenvalue weighted by Gasteiger charge is 2.26. The number of fused-ring (bicyclic) bond motifs is 1. The van der Waals surface area contributed by atoms with E-state index in [1.807, 2.05) is 24.3 Å². The molecule has 0 radical (unpaired) electrons. The highest BCUT2D eigenvalue weighted by Crippen LogP contribution is 2.29. The smallest absolute Gasteiger partial charge is 0.352 e. The molecular weight excluding hydrogens is 320 g/mol. The van der Waals surface area contributed by atoms with Gasteiger partial charge in [0.05, 0.1) is 6.61 Å². The average molecular weight is 342 g/mol. The van der Waals surface area contributed by atoms with Crippen molar-refractivity contribution in [3.63, 3.8) is 0 Å². The summed E-state index contributed by atoms with van der Waals surface area (Å²) >= 11 is 0. The van der Waals surface area contributed by atoms with Crippen LogP contribution in [0.5, 0.6) is 5.75 Å². The number of aromatic nitrogens is 3. The molecule has 1 aliphatic heterocycles. The molecule has 2 N–H and O–H groups in total. The highest BCUT2D eigenvalue weighted by atomic mass is 16.5. The lowest BCUT2D eigenvalue weighted by Crippen LogP contribution is -2.24. The quantitative estimate of drug-likeness (QED) is 0.839. The first-order valence-electron chi connectivity index (χ1n) is 8.32. The second kappa shape index (κ2) is 6.96. The maximum atomic E-state index is 11.4. The van der Waals surface area contributed by atoms with Gasteiger partial charge in [0, 0.05) is 0 Å². The van der Waals surface area contributed by atoms with Crippen LogP contribution in [0.3, 0.4) is 0 Å². The fourth-order valence-electron chi connectivity index (χ4n) is 2.64. The molecule has 0 bridgehead atoms. The number of aryl methyl sites for hydroxylation is 1. The Kier molecular flexibility index (Phi) is 4.74. The second-order valence-electron chi connectivity index (χ2n) is 6.48. The van der Waals surface area contributed by atoms with Crippen LogP contribution in [0.4, 0.5) is 5.95 Å². The number of ether oxygens (including phenoxy) is 1. The topological polar surface area (TPSA) is 89.3 Å². The van der Waals surface area contributed by atoms with Crippen LogP contribution in [0.25, 0.3) is 0 Å². The molecule has 0 aliphatic carbocycles. The SMILES string of the molecule is Cc1nc2n(n1)[C@H](c1ccc(OCCC(C)C)cc1)C=C(C(=O)O)N2. The van der Waals surface area contributed by atoms with Gasteiger partial charge in [0.2, 0.25) is 5.95 Å². The van der Waals surface area contributed by atoms with Gasteiger partial charge in [0.15, 0.2) is 0 Å². The van der Waals surface area contributed by atoms with Crippen LogP contribution in [-0.2, 0) is 4.79 Å². The molecule has 25 heavy (non-hydrogen) atoms. The van der Waals surface area contributed by atoms with Gasteiger partial charge >= 0.3 is 5.97 Å². The minimum absolute atomic E-state index is 0.0992. The Bertz CT molecular complexity index is 793. The second-order valence-corrected chi connectivity index (χ2v) is 6.48.